The van der Waals surface area contributed by atoms with Crippen LogP contribution in [0.4, 0.5) is 18.9 Å². The Morgan fingerprint density at radius 3 is 2.95 bits per heavy atom. The van der Waals surface area contributed by atoms with Crippen molar-refractivity contribution in [1.29, 1.82) is 0 Å². The Morgan fingerprint density at radius 2 is 2.27 bits per heavy atom. The van der Waals surface area contributed by atoms with Gasteiger partial charge in [0.2, 0.25) is 5.91 Å². The number of anilines is 1. The number of alkyl halides is 3. The zero-order chi connectivity index (χ0) is 16.0. The maximum absolute atomic E-state index is 12.1. The second-order valence-electron chi connectivity index (χ2n) is 4.91. The molecular weight excluding hydrogens is 317 g/mol. The standard InChI is InChI=1S/C14H17F3N2O2S/c15-14(16,17)9-21-12-3-1-2-10(6-12)19-13(20)7-11-8-22-5-4-18-11/h1-3,6,11,18H,4-5,7-9H2,(H,19,20). The van der Waals surface area contributed by atoms with E-state index < -0.39 is 12.8 Å². The van der Waals surface area contributed by atoms with Crippen LogP contribution >= 0.6 is 11.8 Å². The van der Waals surface area contributed by atoms with Crippen LogP contribution in [-0.4, -0.2) is 42.8 Å². The van der Waals surface area contributed by atoms with Crippen LogP contribution in [0.25, 0.3) is 0 Å². The smallest absolute Gasteiger partial charge is 0.422 e. The summed E-state index contributed by atoms with van der Waals surface area (Å²) >= 11 is 1.79. The quantitative estimate of drug-likeness (QED) is 0.869. The van der Waals surface area contributed by atoms with Crippen molar-refractivity contribution >= 4 is 23.4 Å². The number of hydrogen-bond acceptors (Lipinski definition) is 4. The molecule has 122 valence electrons. The maximum atomic E-state index is 12.1. The van der Waals surface area contributed by atoms with E-state index in [4.69, 9.17) is 0 Å². The van der Waals surface area contributed by atoms with Gasteiger partial charge in [0.05, 0.1) is 0 Å². The van der Waals surface area contributed by atoms with E-state index in [1.807, 2.05) is 0 Å². The number of carbonyl (C=O) groups excluding carboxylic acids is 1. The highest BCUT2D eigenvalue weighted by atomic mass is 32.2. The average Bonchev–Trinajstić information content (AvgIpc) is 2.46. The van der Waals surface area contributed by atoms with Gasteiger partial charge in [0, 0.05) is 42.3 Å². The summed E-state index contributed by atoms with van der Waals surface area (Å²) in [6.07, 6.45) is -4.05. The monoisotopic (exact) mass is 334 g/mol. The first-order valence-corrected chi connectivity index (χ1v) is 7.98. The summed E-state index contributed by atoms with van der Waals surface area (Å²) in [4.78, 5) is 11.9. The van der Waals surface area contributed by atoms with Gasteiger partial charge in [-0.2, -0.15) is 24.9 Å². The summed E-state index contributed by atoms with van der Waals surface area (Å²) in [5, 5.41) is 5.93. The van der Waals surface area contributed by atoms with Gasteiger partial charge in [0.15, 0.2) is 6.61 Å². The summed E-state index contributed by atoms with van der Waals surface area (Å²) in [5.41, 5.74) is 0.424. The van der Waals surface area contributed by atoms with Crippen LogP contribution in [0.2, 0.25) is 0 Å². The Labute approximate surface area is 130 Å². The van der Waals surface area contributed by atoms with Crippen LogP contribution < -0.4 is 15.4 Å². The van der Waals surface area contributed by atoms with Gasteiger partial charge in [-0.25, -0.2) is 0 Å². The number of nitrogens with one attached hydrogen (secondary N) is 2. The molecule has 8 heteroatoms. The molecule has 2 rings (SSSR count). The molecule has 2 N–H and O–H groups in total. The van der Waals surface area contributed by atoms with Crippen LogP contribution in [0.5, 0.6) is 5.75 Å². The third-order valence-corrected chi connectivity index (χ3v) is 4.08. The van der Waals surface area contributed by atoms with Crippen LogP contribution in [0.1, 0.15) is 6.42 Å². The van der Waals surface area contributed by atoms with E-state index >= 15 is 0 Å². The molecule has 1 aromatic carbocycles. The zero-order valence-electron chi connectivity index (χ0n) is 11.8. The first-order chi connectivity index (χ1) is 10.4. The highest BCUT2D eigenvalue weighted by Gasteiger charge is 2.28. The fourth-order valence-corrected chi connectivity index (χ4v) is 2.96. The van der Waals surface area contributed by atoms with Gasteiger partial charge >= 0.3 is 6.18 Å². The highest BCUT2D eigenvalue weighted by Crippen LogP contribution is 2.21. The number of thioether (sulfide) groups is 1. The Morgan fingerprint density at radius 1 is 1.45 bits per heavy atom. The number of ether oxygens (including phenoxy) is 1. The van der Waals surface area contributed by atoms with E-state index in [1.165, 1.54) is 18.2 Å². The van der Waals surface area contributed by atoms with Crippen molar-refractivity contribution in [3.63, 3.8) is 0 Å². The van der Waals surface area contributed by atoms with E-state index in [0.717, 1.165) is 18.1 Å². The maximum Gasteiger partial charge on any atom is 0.422 e. The summed E-state index contributed by atoms with van der Waals surface area (Å²) < 4.78 is 41.0. The Kier molecular flexibility index (Phi) is 5.96. The third-order valence-electron chi connectivity index (χ3n) is 2.95. The minimum absolute atomic E-state index is 0.0708. The lowest BCUT2D eigenvalue weighted by molar-refractivity contribution is -0.153. The number of benzene rings is 1. The van der Waals surface area contributed by atoms with E-state index in [0.29, 0.717) is 12.1 Å². The summed E-state index contributed by atoms with van der Waals surface area (Å²) in [6, 6.07) is 6.08. The van der Waals surface area contributed by atoms with Crippen LogP contribution in [0.15, 0.2) is 24.3 Å². The molecule has 1 aromatic rings. The van der Waals surface area contributed by atoms with Gasteiger partial charge in [-0.3, -0.25) is 4.79 Å². The molecule has 0 spiro atoms. The van der Waals surface area contributed by atoms with E-state index in [9.17, 15) is 18.0 Å². The molecule has 0 bridgehead atoms. The molecule has 0 radical (unpaired) electrons. The molecule has 0 saturated carbocycles. The first-order valence-electron chi connectivity index (χ1n) is 6.83. The SMILES string of the molecule is O=C(CC1CSCCN1)Nc1cccc(OCC(F)(F)F)c1. The fourth-order valence-electron chi connectivity index (χ4n) is 2.02. The number of amides is 1. The second-order valence-corrected chi connectivity index (χ2v) is 6.06. The van der Waals surface area contributed by atoms with Crippen molar-refractivity contribution in [3.8, 4) is 5.75 Å². The number of rotatable bonds is 5. The second kappa shape index (κ2) is 7.73. The lowest BCUT2D eigenvalue weighted by Crippen LogP contribution is -2.39. The lowest BCUT2D eigenvalue weighted by atomic mass is 10.2. The van der Waals surface area contributed by atoms with Crippen LogP contribution in [0.3, 0.4) is 0 Å². The van der Waals surface area contributed by atoms with Gasteiger partial charge in [0.25, 0.3) is 0 Å². The molecule has 1 aliphatic heterocycles. The average molecular weight is 334 g/mol. The normalized spacial score (nSPS) is 18.8. The Hall–Kier alpha value is -1.41. The Balaban J connectivity index is 1.85. The van der Waals surface area contributed by atoms with Crippen molar-refractivity contribution < 1.29 is 22.7 Å². The number of carbonyl (C=O) groups is 1. The molecule has 1 unspecified atom stereocenters. The first kappa shape index (κ1) is 17.0. The van der Waals surface area contributed by atoms with Gasteiger partial charge in [0.1, 0.15) is 5.75 Å². The molecule has 4 nitrogen and oxygen atoms in total. The number of hydrogen-bond donors (Lipinski definition) is 2. The minimum atomic E-state index is -4.39. The van der Waals surface area contributed by atoms with E-state index in [1.54, 1.807) is 17.8 Å². The molecule has 22 heavy (non-hydrogen) atoms. The molecule has 1 saturated heterocycles. The van der Waals surface area contributed by atoms with E-state index in [2.05, 4.69) is 15.4 Å². The minimum Gasteiger partial charge on any atom is -0.484 e. The van der Waals surface area contributed by atoms with Crippen molar-refractivity contribution in [2.24, 2.45) is 0 Å². The topological polar surface area (TPSA) is 50.4 Å². The molecular formula is C14H17F3N2O2S. The summed E-state index contributed by atoms with van der Waals surface area (Å²) in [6.45, 7) is -0.475. The molecule has 1 aliphatic rings. The molecule has 0 aliphatic carbocycles. The largest absolute Gasteiger partial charge is 0.484 e. The molecule has 1 heterocycles. The fraction of sp³-hybridized carbons (Fsp3) is 0.500. The predicted octanol–water partition coefficient (Wildman–Crippen LogP) is 2.66. The zero-order valence-corrected chi connectivity index (χ0v) is 12.6. The van der Waals surface area contributed by atoms with Gasteiger partial charge < -0.3 is 15.4 Å². The van der Waals surface area contributed by atoms with Crippen molar-refractivity contribution in [3.05, 3.63) is 24.3 Å². The van der Waals surface area contributed by atoms with Crippen molar-refractivity contribution in [1.82, 2.24) is 5.32 Å². The Bertz CT molecular complexity index is 505. The van der Waals surface area contributed by atoms with E-state index in [-0.39, 0.29) is 17.7 Å². The lowest BCUT2D eigenvalue weighted by Gasteiger charge is -2.22. The van der Waals surface area contributed by atoms with Gasteiger partial charge in [-0.1, -0.05) is 6.07 Å². The van der Waals surface area contributed by atoms with Gasteiger partial charge in [-0.05, 0) is 12.1 Å². The summed E-state index contributed by atoms with van der Waals surface area (Å²) in [5.74, 6) is 1.81. The predicted molar refractivity (Wildman–Crippen MR) is 80.4 cm³/mol. The highest BCUT2D eigenvalue weighted by molar-refractivity contribution is 7.99. The number of halogens is 3. The van der Waals surface area contributed by atoms with Crippen LogP contribution in [0, 0.1) is 0 Å². The molecule has 1 atom stereocenters. The molecule has 1 amide bonds. The van der Waals surface area contributed by atoms with Crippen LogP contribution in [-0.2, 0) is 4.79 Å². The molecule has 0 aromatic heterocycles. The summed E-state index contributed by atoms with van der Waals surface area (Å²) in [7, 11) is 0. The van der Waals surface area contributed by atoms with Crippen molar-refractivity contribution in [2.45, 2.75) is 18.6 Å². The van der Waals surface area contributed by atoms with Gasteiger partial charge in [-0.15, -0.1) is 0 Å². The molecule has 1 fully saturated rings. The third kappa shape index (κ3) is 6.15. The van der Waals surface area contributed by atoms with Crippen molar-refractivity contribution in [2.75, 3.05) is 30.0 Å².